The predicted octanol–water partition coefficient (Wildman–Crippen LogP) is 5.05. The van der Waals surface area contributed by atoms with Gasteiger partial charge in [-0.15, -0.1) is 6.58 Å². The lowest BCUT2D eigenvalue weighted by molar-refractivity contribution is 0.331. The summed E-state index contributed by atoms with van der Waals surface area (Å²) in [5.74, 6) is 1.81. The highest BCUT2D eigenvalue weighted by Gasteiger charge is 2.14. The molecule has 0 bridgehead atoms. The van der Waals surface area contributed by atoms with E-state index in [4.69, 9.17) is 0 Å². The Morgan fingerprint density at radius 1 is 0.923 bits per heavy atom. The van der Waals surface area contributed by atoms with E-state index in [2.05, 4.69) is 19.6 Å². The van der Waals surface area contributed by atoms with Crippen molar-refractivity contribution in [3.63, 3.8) is 0 Å². The normalized spacial score (nSPS) is 25.9. The van der Waals surface area contributed by atoms with Crippen molar-refractivity contribution in [2.24, 2.45) is 11.8 Å². The second-order valence-corrected chi connectivity index (χ2v) is 3.26. The molecule has 1 rings (SSSR count). The van der Waals surface area contributed by atoms with Gasteiger partial charge in [0.2, 0.25) is 0 Å². The van der Waals surface area contributed by atoms with Gasteiger partial charge in [-0.3, -0.25) is 0 Å². The molecule has 0 radical (unpaired) electrons. The topological polar surface area (TPSA) is 0 Å². The molecule has 0 aliphatic heterocycles. The zero-order valence-electron chi connectivity index (χ0n) is 10.3. The smallest absolute Gasteiger partial charge is 0.0236 e. The first-order valence-electron chi connectivity index (χ1n) is 5.95. The van der Waals surface area contributed by atoms with Crippen LogP contribution in [0.5, 0.6) is 0 Å². The average molecular weight is 184 g/mol. The van der Waals surface area contributed by atoms with Crippen molar-refractivity contribution in [2.45, 2.75) is 60.3 Å². The Balaban J connectivity index is 0. The predicted molar refractivity (Wildman–Crippen MR) is 64.0 cm³/mol. The van der Waals surface area contributed by atoms with Crippen LogP contribution in [0.4, 0.5) is 0 Å². The maximum atomic E-state index is 3.81. The number of rotatable bonds is 1. The van der Waals surface area contributed by atoms with Crippen LogP contribution in [0.25, 0.3) is 0 Å². The van der Waals surface area contributed by atoms with E-state index in [9.17, 15) is 0 Å². The summed E-state index contributed by atoms with van der Waals surface area (Å²) in [7, 11) is 0. The summed E-state index contributed by atoms with van der Waals surface area (Å²) in [6.45, 7) is 14.2. The zero-order chi connectivity index (χ0) is 10.7. The first kappa shape index (κ1) is 15.2. The molecular weight excluding hydrogens is 156 g/mol. The molecule has 0 aromatic carbocycles. The lowest BCUT2D eigenvalue weighted by Gasteiger charge is -2.23. The van der Waals surface area contributed by atoms with Gasteiger partial charge in [-0.05, 0) is 24.7 Å². The molecule has 0 heterocycles. The van der Waals surface area contributed by atoms with E-state index in [-0.39, 0.29) is 0 Å². The van der Waals surface area contributed by atoms with Crippen molar-refractivity contribution in [2.75, 3.05) is 0 Å². The molecule has 0 spiro atoms. The minimum Gasteiger partial charge on any atom is -0.103 e. The molecule has 0 aromatic rings. The number of allylic oxidation sites excluding steroid dienone is 1. The zero-order valence-corrected chi connectivity index (χ0v) is 10.3. The molecule has 0 N–H and O–H groups in total. The van der Waals surface area contributed by atoms with Crippen LogP contribution in [0, 0.1) is 11.8 Å². The molecule has 0 aromatic heterocycles. The minimum atomic E-state index is 0.834. The molecule has 0 amide bonds. The first-order valence-corrected chi connectivity index (χ1v) is 5.95. The Morgan fingerprint density at radius 3 is 1.62 bits per heavy atom. The molecule has 13 heavy (non-hydrogen) atoms. The summed E-state index contributed by atoms with van der Waals surface area (Å²) in [5.41, 5.74) is 0. The van der Waals surface area contributed by atoms with Crippen LogP contribution in [0.2, 0.25) is 0 Å². The van der Waals surface area contributed by atoms with E-state index in [1.54, 1.807) is 0 Å². The monoisotopic (exact) mass is 184 g/mol. The fourth-order valence-corrected chi connectivity index (χ4v) is 1.52. The lowest BCUT2D eigenvalue weighted by Crippen LogP contribution is -2.09. The van der Waals surface area contributed by atoms with Gasteiger partial charge in [0.05, 0.1) is 0 Å². The summed E-state index contributed by atoms with van der Waals surface area (Å²) < 4.78 is 0. The quantitative estimate of drug-likeness (QED) is 0.500. The Kier molecular flexibility index (Phi) is 13.7. The van der Waals surface area contributed by atoms with Crippen molar-refractivity contribution in [1.82, 2.24) is 0 Å². The van der Waals surface area contributed by atoms with E-state index in [1.165, 1.54) is 25.7 Å². The van der Waals surface area contributed by atoms with Crippen molar-refractivity contribution in [3.05, 3.63) is 12.7 Å². The van der Waals surface area contributed by atoms with Crippen molar-refractivity contribution in [1.29, 1.82) is 0 Å². The minimum absolute atomic E-state index is 0.834. The van der Waals surface area contributed by atoms with E-state index < -0.39 is 0 Å². The molecule has 1 saturated carbocycles. The Bertz CT molecular complexity index is 86.2. The van der Waals surface area contributed by atoms with Gasteiger partial charge in [-0.25, -0.2) is 0 Å². The van der Waals surface area contributed by atoms with Gasteiger partial charge in [-0.1, -0.05) is 53.5 Å². The van der Waals surface area contributed by atoms with Crippen LogP contribution >= 0.6 is 0 Å². The first-order chi connectivity index (χ1) is 6.33. The van der Waals surface area contributed by atoms with Crippen molar-refractivity contribution < 1.29 is 0 Å². The van der Waals surface area contributed by atoms with Crippen molar-refractivity contribution >= 4 is 0 Å². The third-order valence-electron chi connectivity index (χ3n) is 2.39. The third-order valence-corrected chi connectivity index (χ3v) is 2.39. The van der Waals surface area contributed by atoms with E-state index >= 15 is 0 Å². The van der Waals surface area contributed by atoms with Gasteiger partial charge >= 0.3 is 0 Å². The largest absolute Gasteiger partial charge is 0.103 e. The fraction of sp³-hybridized carbons (Fsp3) is 0.846. The van der Waals surface area contributed by atoms with Gasteiger partial charge in [0.15, 0.2) is 0 Å². The summed E-state index contributed by atoms with van der Waals surface area (Å²) in [5, 5.41) is 0. The van der Waals surface area contributed by atoms with Gasteiger partial charge in [-0.2, -0.15) is 0 Å². The van der Waals surface area contributed by atoms with Gasteiger partial charge in [0.25, 0.3) is 0 Å². The van der Waals surface area contributed by atoms with Crippen LogP contribution in [-0.4, -0.2) is 0 Å². The van der Waals surface area contributed by atoms with Crippen molar-refractivity contribution in [3.8, 4) is 0 Å². The second-order valence-electron chi connectivity index (χ2n) is 3.26. The Morgan fingerprint density at radius 2 is 1.31 bits per heavy atom. The highest BCUT2D eigenvalue weighted by atomic mass is 14.2. The molecule has 0 atom stereocenters. The van der Waals surface area contributed by atoms with E-state index in [1.807, 2.05) is 27.7 Å². The van der Waals surface area contributed by atoms with Gasteiger partial charge in [0.1, 0.15) is 0 Å². The highest BCUT2D eigenvalue weighted by molar-refractivity contribution is 4.82. The van der Waals surface area contributed by atoms with Gasteiger partial charge < -0.3 is 0 Å². The lowest BCUT2D eigenvalue weighted by atomic mass is 9.83. The second kappa shape index (κ2) is 11.7. The molecule has 1 aliphatic carbocycles. The molecule has 0 unspecified atom stereocenters. The highest BCUT2D eigenvalue weighted by Crippen LogP contribution is 2.28. The van der Waals surface area contributed by atoms with Crippen LogP contribution in [0.1, 0.15) is 60.3 Å². The standard InChI is InChI=1S/C9H16.2C2H6/c1-3-9-6-4-8(2)5-7-9;2*1-2/h3,8-9H,1,4-7H2,2H3;2*1-2H3. The number of hydrogen-bond donors (Lipinski definition) is 0. The molecular formula is C13H28. The molecule has 1 aliphatic rings. The SMILES string of the molecule is C=CC1CCC(C)CC1.CC.CC. The summed E-state index contributed by atoms with van der Waals surface area (Å²) in [4.78, 5) is 0. The van der Waals surface area contributed by atoms with Gasteiger partial charge in [0, 0.05) is 0 Å². The van der Waals surface area contributed by atoms with Crippen LogP contribution in [0.15, 0.2) is 12.7 Å². The average Bonchev–Trinajstić information content (AvgIpc) is 2.25. The Hall–Kier alpha value is -0.260. The maximum Gasteiger partial charge on any atom is -0.0236 e. The summed E-state index contributed by atoms with van der Waals surface area (Å²) >= 11 is 0. The Labute approximate surface area is 85.4 Å². The molecule has 80 valence electrons. The van der Waals surface area contributed by atoms with E-state index in [0.717, 1.165) is 11.8 Å². The maximum absolute atomic E-state index is 3.81. The van der Waals surface area contributed by atoms with Crippen LogP contribution in [-0.2, 0) is 0 Å². The molecule has 0 saturated heterocycles. The summed E-state index contributed by atoms with van der Waals surface area (Å²) in [6.07, 6.45) is 7.70. The van der Waals surface area contributed by atoms with Crippen LogP contribution < -0.4 is 0 Å². The van der Waals surface area contributed by atoms with E-state index in [0.29, 0.717) is 0 Å². The number of hydrogen-bond acceptors (Lipinski definition) is 0. The molecule has 0 nitrogen and oxygen atoms in total. The van der Waals surface area contributed by atoms with Crippen LogP contribution in [0.3, 0.4) is 0 Å². The molecule has 0 heteroatoms. The summed E-state index contributed by atoms with van der Waals surface area (Å²) in [6, 6.07) is 0. The fourth-order valence-electron chi connectivity index (χ4n) is 1.52. The third kappa shape index (κ3) is 8.08. The molecule has 1 fully saturated rings.